The van der Waals surface area contributed by atoms with E-state index in [1.54, 1.807) is 49.4 Å². The highest BCUT2D eigenvalue weighted by atomic mass is 35.5. The van der Waals surface area contributed by atoms with Crippen LogP contribution in [0.15, 0.2) is 53.8 Å². The van der Waals surface area contributed by atoms with Gasteiger partial charge in [-0.1, -0.05) is 16.8 Å². The molecule has 0 fully saturated rings. The molecule has 0 saturated carbocycles. The van der Waals surface area contributed by atoms with Crippen LogP contribution in [-0.2, 0) is 14.4 Å². The number of hydrogen-bond acceptors (Lipinski definition) is 13. The number of oxime groups is 1. The van der Waals surface area contributed by atoms with E-state index in [4.69, 9.17) is 42.3 Å². The lowest BCUT2D eigenvalue weighted by atomic mass is 10.3. The molecule has 2 heterocycles. The summed E-state index contributed by atoms with van der Waals surface area (Å²) in [6.07, 6.45) is 0.749. The monoisotopic (exact) mass is 672 g/mol. The molecule has 0 radical (unpaired) electrons. The third-order valence-electron chi connectivity index (χ3n) is 5.28. The Balaban J connectivity index is 0.000000322. The van der Waals surface area contributed by atoms with Gasteiger partial charge in [0.15, 0.2) is 12.7 Å². The number of carbonyl (C=O) groups excluding carboxylic acids is 1. The molecule has 0 amide bonds. The van der Waals surface area contributed by atoms with Crippen molar-refractivity contribution < 1.29 is 23.8 Å². The first-order chi connectivity index (χ1) is 21.9. The second-order valence-electron chi connectivity index (χ2n) is 10.6. The summed E-state index contributed by atoms with van der Waals surface area (Å²) in [7, 11) is 0. The molecule has 0 aliphatic carbocycles. The van der Waals surface area contributed by atoms with Crippen LogP contribution in [-0.4, -0.2) is 68.0 Å². The van der Waals surface area contributed by atoms with Crippen LogP contribution in [0.4, 0.5) is 11.9 Å². The van der Waals surface area contributed by atoms with Crippen molar-refractivity contribution in [2.75, 3.05) is 23.8 Å². The summed E-state index contributed by atoms with van der Waals surface area (Å²) in [6.45, 7) is 13.5. The topological polar surface area (TPSA) is 155 Å². The van der Waals surface area contributed by atoms with Crippen LogP contribution in [0, 0.1) is 0 Å². The molecular weight excluding hydrogens is 635 g/mol. The van der Waals surface area contributed by atoms with Gasteiger partial charge in [-0.2, -0.15) is 15.0 Å². The predicted molar refractivity (Wildman–Crippen MR) is 179 cm³/mol. The fourth-order valence-electron chi connectivity index (χ4n) is 3.44. The van der Waals surface area contributed by atoms with Crippen molar-refractivity contribution in [3.63, 3.8) is 0 Å². The lowest BCUT2D eigenvalue weighted by Gasteiger charge is -2.14. The number of benzene rings is 2. The van der Waals surface area contributed by atoms with Crippen LogP contribution < -0.4 is 20.1 Å². The van der Waals surface area contributed by atoms with Gasteiger partial charge in [-0.05, 0) is 103 Å². The molecule has 0 bridgehead atoms. The molecule has 2 N–H and O–H groups in total. The summed E-state index contributed by atoms with van der Waals surface area (Å²) in [5.41, 5.74) is 2.15. The summed E-state index contributed by atoms with van der Waals surface area (Å²) in [5, 5.41) is 10.7. The molecule has 0 aliphatic heterocycles. The quantitative estimate of drug-likeness (QED) is 0.0652. The maximum absolute atomic E-state index is 12.0. The molecule has 0 saturated heterocycles. The first-order valence-electron chi connectivity index (χ1n) is 14.5. The maximum Gasteiger partial charge on any atom is 0.347 e. The minimum absolute atomic E-state index is 0.0924. The number of rotatable bonds is 13. The molecule has 46 heavy (non-hydrogen) atoms. The molecular formula is C31H38Cl2N8O5. The molecule has 4 rings (SSSR count). The summed E-state index contributed by atoms with van der Waals surface area (Å²) in [4.78, 5) is 37.8. The normalized spacial score (nSPS) is 11.3. The van der Waals surface area contributed by atoms with Gasteiger partial charge in [-0.25, -0.2) is 14.8 Å². The Bertz CT molecular complexity index is 1570. The standard InChI is InChI=1S/C22H22ClN3O5.C9H16ClN5/c1-14(2)26-29-11-10-28-22(27)15(3)30-17-5-7-18(8-6-17)31-21-13-24-20-12-16(23)4-9-19(20)25-21;1-5(2)11-8-13-7(10)14-9(15-8)12-6(3)4/h4-9,12-13,15H,10-11H2,1-3H3;5-6H,1-4H3,(H2,11,12,13,14,15). The molecule has 0 aliphatic rings. The van der Waals surface area contributed by atoms with Crippen molar-refractivity contribution in [1.29, 1.82) is 0 Å². The zero-order valence-electron chi connectivity index (χ0n) is 26.7. The Hall–Kier alpha value is -4.49. The predicted octanol–water partition coefficient (Wildman–Crippen LogP) is 6.96. The first-order valence-corrected chi connectivity index (χ1v) is 15.2. The van der Waals surface area contributed by atoms with Crippen LogP contribution in [0.3, 0.4) is 0 Å². The molecule has 2 aromatic carbocycles. The summed E-state index contributed by atoms with van der Waals surface area (Å²) in [5.74, 6) is 1.90. The number of ether oxygens (including phenoxy) is 3. The van der Waals surface area contributed by atoms with Crippen LogP contribution >= 0.6 is 23.2 Å². The van der Waals surface area contributed by atoms with Crippen molar-refractivity contribution in [2.24, 2.45) is 5.16 Å². The van der Waals surface area contributed by atoms with E-state index in [1.165, 1.54) is 6.20 Å². The zero-order chi connectivity index (χ0) is 33.6. The van der Waals surface area contributed by atoms with Crippen LogP contribution in [0.5, 0.6) is 17.4 Å². The SMILES string of the molecule is CC(C)=NOCCOC(=O)C(C)Oc1ccc(Oc2cnc3cc(Cl)ccc3n2)cc1.CC(C)Nc1nc(Cl)nc(NC(C)C)n1. The number of fused-ring (bicyclic) bond motifs is 1. The summed E-state index contributed by atoms with van der Waals surface area (Å²) in [6, 6.07) is 12.6. The highest BCUT2D eigenvalue weighted by Gasteiger charge is 2.16. The zero-order valence-corrected chi connectivity index (χ0v) is 28.3. The third kappa shape index (κ3) is 12.9. The number of nitrogens with one attached hydrogen (secondary N) is 2. The van der Waals surface area contributed by atoms with E-state index in [9.17, 15) is 4.79 Å². The first kappa shape index (κ1) is 36.0. The second-order valence-corrected chi connectivity index (χ2v) is 11.3. The molecule has 4 aromatic rings. The van der Waals surface area contributed by atoms with E-state index in [0.717, 1.165) is 5.71 Å². The van der Waals surface area contributed by atoms with Crippen molar-refractivity contribution in [3.8, 4) is 17.4 Å². The highest BCUT2D eigenvalue weighted by molar-refractivity contribution is 6.31. The van der Waals surface area contributed by atoms with Crippen LogP contribution in [0.25, 0.3) is 11.0 Å². The maximum atomic E-state index is 12.0. The fraction of sp³-hybridized carbons (Fsp3) is 0.387. The molecule has 2 aromatic heterocycles. The summed E-state index contributed by atoms with van der Waals surface area (Å²) < 4.78 is 16.4. The minimum atomic E-state index is -0.777. The van der Waals surface area contributed by atoms with Gasteiger partial charge in [-0.3, -0.25) is 0 Å². The number of hydrogen-bond donors (Lipinski definition) is 2. The third-order valence-corrected chi connectivity index (χ3v) is 5.69. The number of halogens is 2. The van der Waals surface area contributed by atoms with Crippen LogP contribution in [0.1, 0.15) is 48.5 Å². The number of anilines is 2. The minimum Gasteiger partial charge on any atom is -0.479 e. The van der Waals surface area contributed by atoms with Gasteiger partial charge in [0, 0.05) is 17.1 Å². The van der Waals surface area contributed by atoms with Crippen molar-refractivity contribution in [1.82, 2.24) is 24.9 Å². The van der Waals surface area contributed by atoms with E-state index < -0.39 is 12.1 Å². The molecule has 1 unspecified atom stereocenters. The largest absolute Gasteiger partial charge is 0.479 e. The van der Waals surface area contributed by atoms with E-state index in [1.807, 2.05) is 41.5 Å². The van der Waals surface area contributed by atoms with Gasteiger partial charge in [0.2, 0.25) is 23.1 Å². The van der Waals surface area contributed by atoms with Crippen molar-refractivity contribution in [3.05, 3.63) is 59.0 Å². The van der Waals surface area contributed by atoms with Crippen LogP contribution in [0.2, 0.25) is 10.3 Å². The van der Waals surface area contributed by atoms with E-state index >= 15 is 0 Å². The van der Waals surface area contributed by atoms with Crippen molar-refractivity contribution >= 4 is 57.8 Å². The number of carbonyl (C=O) groups is 1. The Labute approximate surface area is 278 Å². The van der Waals surface area contributed by atoms with Gasteiger partial charge in [0.05, 0.1) is 22.9 Å². The number of aromatic nitrogens is 5. The Morgan fingerprint density at radius 2 is 1.46 bits per heavy atom. The Kier molecular flexibility index (Phi) is 14.0. The van der Waals surface area contributed by atoms with Crippen molar-refractivity contribution in [2.45, 2.75) is 66.7 Å². The average molecular weight is 674 g/mol. The highest BCUT2D eigenvalue weighted by Crippen LogP contribution is 2.25. The lowest BCUT2D eigenvalue weighted by Crippen LogP contribution is -2.27. The van der Waals surface area contributed by atoms with Gasteiger partial charge >= 0.3 is 5.97 Å². The molecule has 15 heteroatoms. The molecule has 13 nitrogen and oxygen atoms in total. The fourth-order valence-corrected chi connectivity index (χ4v) is 3.77. The number of esters is 1. The van der Waals surface area contributed by atoms with Gasteiger partial charge < -0.3 is 29.7 Å². The van der Waals surface area contributed by atoms with E-state index in [0.29, 0.717) is 45.3 Å². The lowest BCUT2D eigenvalue weighted by molar-refractivity contribution is -0.152. The van der Waals surface area contributed by atoms with E-state index in [-0.39, 0.29) is 30.6 Å². The number of nitrogens with zero attached hydrogens (tertiary/aromatic N) is 6. The molecule has 246 valence electrons. The van der Waals surface area contributed by atoms with Gasteiger partial charge in [-0.15, -0.1) is 0 Å². The average Bonchev–Trinajstić information content (AvgIpc) is 2.97. The summed E-state index contributed by atoms with van der Waals surface area (Å²) >= 11 is 11.7. The van der Waals surface area contributed by atoms with Gasteiger partial charge in [0.1, 0.15) is 18.1 Å². The Morgan fingerprint density at radius 1 is 0.826 bits per heavy atom. The smallest absolute Gasteiger partial charge is 0.347 e. The van der Waals surface area contributed by atoms with Gasteiger partial charge in [0.25, 0.3) is 0 Å². The molecule has 1 atom stereocenters. The Morgan fingerprint density at radius 3 is 2.07 bits per heavy atom. The second kappa shape index (κ2) is 17.9. The molecule has 0 spiro atoms. The van der Waals surface area contributed by atoms with E-state index in [2.05, 4.69) is 40.7 Å².